The molecule has 1 aromatic carbocycles. The third kappa shape index (κ3) is 3.33. The topological polar surface area (TPSA) is 62.3 Å². The molecule has 1 aliphatic heterocycles. The van der Waals surface area contributed by atoms with E-state index in [1.807, 2.05) is 28.5 Å². The molecule has 2 fully saturated rings. The van der Waals surface area contributed by atoms with Crippen molar-refractivity contribution >= 4 is 28.3 Å². The van der Waals surface area contributed by atoms with E-state index in [1.165, 1.54) is 24.2 Å². The van der Waals surface area contributed by atoms with Gasteiger partial charge in [0.1, 0.15) is 0 Å². The Morgan fingerprint density at radius 2 is 2.25 bits per heavy atom. The highest BCUT2D eigenvalue weighted by molar-refractivity contribution is 7.14. The van der Waals surface area contributed by atoms with Gasteiger partial charge < -0.3 is 4.90 Å². The van der Waals surface area contributed by atoms with Gasteiger partial charge in [0.15, 0.2) is 5.13 Å². The molecule has 1 saturated heterocycles. The number of hydrogen-bond donors (Lipinski definition) is 1. The van der Waals surface area contributed by atoms with Crippen LogP contribution in [0.5, 0.6) is 0 Å². The molecule has 0 spiro atoms. The maximum absolute atomic E-state index is 12.4. The van der Waals surface area contributed by atoms with E-state index in [0.29, 0.717) is 29.6 Å². The fourth-order valence-electron chi connectivity index (χ4n) is 2.98. The summed E-state index contributed by atoms with van der Waals surface area (Å²) in [7, 11) is 0. The van der Waals surface area contributed by atoms with Crippen LogP contribution in [0.2, 0.25) is 0 Å². The number of nitrogens with one attached hydrogen (secondary N) is 1. The minimum atomic E-state index is -0.152. The molecule has 6 heteroatoms. The van der Waals surface area contributed by atoms with Crippen molar-refractivity contribution in [3.63, 3.8) is 0 Å². The van der Waals surface area contributed by atoms with E-state index in [4.69, 9.17) is 0 Å². The maximum atomic E-state index is 12.4. The Morgan fingerprint density at radius 1 is 1.38 bits per heavy atom. The smallest absolute Gasteiger partial charge is 0.257 e. The lowest BCUT2D eigenvalue weighted by Crippen LogP contribution is -2.24. The van der Waals surface area contributed by atoms with Crippen molar-refractivity contribution in [1.29, 1.82) is 0 Å². The number of carbonyl (C=O) groups excluding carboxylic acids is 2. The van der Waals surface area contributed by atoms with Crippen molar-refractivity contribution in [2.45, 2.75) is 38.1 Å². The first-order valence-electron chi connectivity index (χ1n) is 8.32. The molecule has 2 aliphatic rings. The summed E-state index contributed by atoms with van der Waals surface area (Å²) in [5.41, 5.74) is 2.68. The van der Waals surface area contributed by atoms with Crippen LogP contribution >= 0.6 is 11.3 Å². The quantitative estimate of drug-likeness (QED) is 0.907. The summed E-state index contributed by atoms with van der Waals surface area (Å²) in [5.74, 6) is 0.634. The second kappa shape index (κ2) is 6.36. The summed E-state index contributed by atoms with van der Waals surface area (Å²) in [6, 6.07) is 7.47. The molecule has 1 aromatic heterocycles. The second-order valence-corrected chi connectivity index (χ2v) is 7.28. The van der Waals surface area contributed by atoms with Crippen LogP contribution in [0.25, 0.3) is 0 Å². The van der Waals surface area contributed by atoms with Crippen molar-refractivity contribution in [3.8, 4) is 0 Å². The van der Waals surface area contributed by atoms with E-state index >= 15 is 0 Å². The van der Waals surface area contributed by atoms with Crippen molar-refractivity contribution < 1.29 is 9.59 Å². The number of amides is 2. The van der Waals surface area contributed by atoms with Crippen LogP contribution < -0.4 is 5.32 Å². The Bertz CT molecular complexity index is 782. The minimum Gasteiger partial charge on any atom is -0.338 e. The van der Waals surface area contributed by atoms with Crippen molar-refractivity contribution in [2.75, 3.05) is 11.9 Å². The summed E-state index contributed by atoms with van der Waals surface area (Å²) < 4.78 is 0. The van der Waals surface area contributed by atoms with Gasteiger partial charge in [0.2, 0.25) is 5.91 Å². The molecule has 24 heavy (non-hydrogen) atoms. The van der Waals surface area contributed by atoms with Crippen LogP contribution in [0.4, 0.5) is 5.13 Å². The van der Waals surface area contributed by atoms with Crippen LogP contribution in [0, 0.1) is 0 Å². The van der Waals surface area contributed by atoms with E-state index in [9.17, 15) is 9.59 Å². The van der Waals surface area contributed by atoms with Crippen LogP contribution in [-0.2, 0) is 11.3 Å². The van der Waals surface area contributed by atoms with Crippen molar-refractivity contribution in [2.24, 2.45) is 0 Å². The maximum Gasteiger partial charge on any atom is 0.257 e. The van der Waals surface area contributed by atoms with E-state index in [-0.39, 0.29) is 11.8 Å². The molecule has 0 radical (unpaired) electrons. The molecule has 2 heterocycles. The van der Waals surface area contributed by atoms with Crippen LogP contribution in [0.3, 0.4) is 0 Å². The number of thiazole rings is 1. The van der Waals surface area contributed by atoms with E-state index in [1.54, 1.807) is 6.07 Å². The van der Waals surface area contributed by atoms with Crippen LogP contribution in [0.1, 0.15) is 53.2 Å². The van der Waals surface area contributed by atoms with Gasteiger partial charge in [-0.15, -0.1) is 11.3 Å². The highest BCUT2D eigenvalue weighted by Gasteiger charge is 2.26. The first kappa shape index (κ1) is 15.3. The number of benzene rings is 1. The van der Waals surface area contributed by atoms with Gasteiger partial charge in [-0.1, -0.05) is 12.1 Å². The molecule has 124 valence electrons. The zero-order chi connectivity index (χ0) is 16.5. The highest BCUT2D eigenvalue weighted by Crippen LogP contribution is 2.40. The van der Waals surface area contributed by atoms with Crippen molar-refractivity contribution in [1.82, 2.24) is 9.88 Å². The summed E-state index contributed by atoms with van der Waals surface area (Å²) in [5, 5.41) is 5.56. The SMILES string of the molecule is O=C(Nc1nc(C2CC2)cs1)c1cccc(CN2CCCC2=O)c1. The number of carbonyl (C=O) groups is 2. The predicted molar refractivity (Wildman–Crippen MR) is 93.1 cm³/mol. The number of anilines is 1. The van der Waals surface area contributed by atoms with Crippen LogP contribution in [0.15, 0.2) is 29.6 Å². The van der Waals surface area contributed by atoms with Crippen molar-refractivity contribution in [3.05, 3.63) is 46.5 Å². The molecule has 5 nitrogen and oxygen atoms in total. The molecular weight excluding hydrogens is 322 g/mol. The van der Waals surface area contributed by atoms with Gasteiger partial charge in [0.05, 0.1) is 5.69 Å². The summed E-state index contributed by atoms with van der Waals surface area (Å²) in [6.07, 6.45) is 3.96. The van der Waals surface area contributed by atoms with Gasteiger partial charge in [0, 0.05) is 36.4 Å². The standard InChI is InChI=1S/C18H19N3O2S/c22-16-5-2-8-21(16)10-12-3-1-4-14(9-12)17(23)20-18-19-15(11-24-18)13-6-7-13/h1,3-4,9,11,13H,2,5-8,10H2,(H,19,20,23). The lowest BCUT2D eigenvalue weighted by Gasteiger charge is -2.15. The van der Waals surface area contributed by atoms with E-state index in [0.717, 1.165) is 24.2 Å². The second-order valence-electron chi connectivity index (χ2n) is 6.43. The molecule has 0 bridgehead atoms. The largest absolute Gasteiger partial charge is 0.338 e. The Labute approximate surface area is 144 Å². The third-order valence-electron chi connectivity index (χ3n) is 4.47. The average Bonchev–Trinajstić information content (AvgIpc) is 3.21. The first-order valence-corrected chi connectivity index (χ1v) is 9.20. The fourth-order valence-corrected chi connectivity index (χ4v) is 3.77. The number of hydrogen-bond acceptors (Lipinski definition) is 4. The predicted octanol–water partition coefficient (Wildman–Crippen LogP) is 3.40. The third-order valence-corrected chi connectivity index (χ3v) is 5.25. The van der Waals surface area contributed by atoms with Gasteiger partial charge in [0.25, 0.3) is 5.91 Å². The molecule has 1 saturated carbocycles. The molecule has 4 rings (SSSR count). The van der Waals surface area contributed by atoms with Gasteiger partial charge in [-0.25, -0.2) is 4.98 Å². The Morgan fingerprint density at radius 3 is 3.00 bits per heavy atom. The molecule has 0 unspecified atom stereocenters. The van der Waals surface area contributed by atoms with Gasteiger partial charge in [-0.3, -0.25) is 14.9 Å². The zero-order valence-corrected chi connectivity index (χ0v) is 14.1. The monoisotopic (exact) mass is 341 g/mol. The molecule has 2 amide bonds. The molecule has 1 N–H and O–H groups in total. The number of likely N-dealkylation sites (tertiary alicyclic amines) is 1. The minimum absolute atomic E-state index is 0.152. The summed E-state index contributed by atoms with van der Waals surface area (Å²) >= 11 is 1.48. The average molecular weight is 341 g/mol. The first-order chi connectivity index (χ1) is 11.7. The molecule has 0 atom stereocenters. The normalized spacial score (nSPS) is 17.3. The number of rotatable bonds is 5. The highest BCUT2D eigenvalue weighted by atomic mass is 32.1. The summed E-state index contributed by atoms with van der Waals surface area (Å²) in [4.78, 5) is 30.5. The van der Waals surface area contributed by atoms with E-state index < -0.39 is 0 Å². The molecule has 1 aliphatic carbocycles. The number of nitrogens with zero attached hydrogens (tertiary/aromatic N) is 2. The Hall–Kier alpha value is -2.21. The lowest BCUT2D eigenvalue weighted by atomic mass is 10.1. The van der Waals surface area contributed by atoms with Gasteiger partial charge >= 0.3 is 0 Å². The van der Waals surface area contributed by atoms with E-state index in [2.05, 4.69) is 10.3 Å². The van der Waals surface area contributed by atoms with Crippen LogP contribution in [-0.4, -0.2) is 28.2 Å². The summed E-state index contributed by atoms with van der Waals surface area (Å²) in [6.45, 7) is 1.38. The Kier molecular flexibility index (Phi) is 4.06. The fraction of sp³-hybridized carbons (Fsp3) is 0.389. The molecular formula is C18H19N3O2S. The van der Waals surface area contributed by atoms with Gasteiger partial charge in [-0.2, -0.15) is 0 Å². The number of aromatic nitrogens is 1. The zero-order valence-electron chi connectivity index (χ0n) is 13.3. The molecule has 2 aromatic rings. The Balaban J connectivity index is 1.43. The lowest BCUT2D eigenvalue weighted by molar-refractivity contribution is -0.128. The van der Waals surface area contributed by atoms with Gasteiger partial charge in [-0.05, 0) is 37.0 Å².